The van der Waals surface area contributed by atoms with Gasteiger partial charge in [0.1, 0.15) is 5.82 Å². The number of fused-ring (bicyclic) bond motifs is 3. The molecule has 1 aliphatic heterocycles. The molecule has 0 spiro atoms. The fourth-order valence-corrected chi connectivity index (χ4v) is 5.37. The molecule has 0 amide bonds. The largest absolute Gasteiger partial charge is 0.418 e. The molecule has 2 aromatic heterocycles. The zero-order valence-electron chi connectivity index (χ0n) is 21.6. The van der Waals surface area contributed by atoms with Crippen LogP contribution in [0.15, 0.2) is 42.6 Å². The van der Waals surface area contributed by atoms with Crippen LogP contribution in [0.2, 0.25) is 0 Å². The van der Waals surface area contributed by atoms with Gasteiger partial charge in [0.05, 0.1) is 34.0 Å². The van der Waals surface area contributed by atoms with Crippen molar-refractivity contribution in [2.45, 2.75) is 71.5 Å². The zero-order chi connectivity index (χ0) is 25.1. The number of imidazole rings is 1. The van der Waals surface area contributed by atoms with Crippen LogP contribution in [0, 0.1) is 6.92 Å². The van der Waals surface area contributed by atoms with E-state index in [0.29, 0.717) is 12.1 Å². The fraction of sp³-hybridized carbons (Fsp3) is 0.429. The Morgan fingerprint density at radius 1 is 0.972 bits per heavy atom. The molecule has 3 N–H and O–H groups in total. The van der Waals surface area contributed by atoms with E-state index in [9.17, 15) is 13.2 Å². The smallest absolute Gasteiger partial charge is 0.366 e. The molecule has 0 bridgehead atoms. The highest BCUT2D eigenvalue weighted by Crippen LogP contribution is 2.43. The third-order valence-electron chi connectivity index (χ3n) is 7.26. The molecule has 5 rings (SSSR count). The maximum absolute atomic E-state index is 14.3. The molecule has 8 heteroatoms. The van der Waals surface area contributed by atoms with Crippen molar-refractivity contribution in [1.29, 1.82) is 0 Å². The number of hydrogen-bond acceptors (Lipinski definition) is 4. The van der Waals surface area contributed by atoms with E-state index < -0.39 is 11.7 Å². The van der Waals surface area contributed by atoms with Gasteiger partial charge in [0.15, 0.2) is 0 Å². The SMILES string of the molecule is Cc1nc(C(C)C)n2c1cnc1ccc(-c3ccc(N4CCCCC4(C)C)c(C(F)(F)F)c3)cc12.N. The number of nitrogens with zero attached hydrogens (tertiary/aromatic N) is 4. The minimum Gasteiger partial charge on any atom is -0.366 e. The number of aromatic nitrogens is 3. The lowest BCUT2D eigenvalue weighted by atomic mass is 9.88. The van der Waals surface area contributed by atoms with Crippen LogP contribution in [0.4, 0.5) is 18.9 Å². The Bertz CT molecular complexity index is 1420. The van der Waals surface area contributed by atoms with Crippen molar-refractivity contribution >= 4 is 22.2 Å². The molecule has 5 nitrogen and oxygen atoms in total. The molecule has 192 valence electrons. The summed E-state index contributed by atoms with van der Waals surface area (Å²) in [6.07, 6.45) is 0.180. The highest BCUT2D eigenvalue weighted by molar-refractivity contribution is 5.85. The number of hydrogen-bond donors (Lipinski definition) is 1. The summed E-state index contributed by atoms with van der Waals surface area (Å²) in [6, 6.07) is 10.4. The first kappa shape index (κ1) is 25.9. The van der Waals surface area contributed by atoms with Crippen molar-refractivity contribution in [3.05, 3.63) is 59.7 Å². The van der Waals surface area contributed by atoms with E-state index in [1.165, 1.54) is 6.07 Å². The van der Waals surface area contributed by atoms with E-state index in [-0.39, 0.29) is 23.3 Å². The molecule has 2 aromatic carbocycles. The summed E-state index contributed by atoms with van der Waals surface area (Å²) >= 11 is 0. The molecule has 1 aliphatic rings. The number of piperidine rings is 1. The second kappa shape index (κ2) is 9.07. The lowest BCUT2D eigenvalue weighted by Crippen LogP contribution is -2.48. The van der Waals surface area contributed by atoms with Gasteiger partial charge in [0, 0.05) is 23.7 Å². The van der Waals surface area contributed by atoms with Crippen LogP contribution in [0.25, 0.3) is 27.7 Å². The Balaban J connectivity index is 0.00000304. The molecule has 0 unspecified atom stereocenters. The first-order chi connectivity index (χ1) is 16.5. The predicted molar refractivity (Wildman–Crippen MR) is 140 cm³/mol. The predicted octanol–water partition coefficient (Wildman–Crippen LogP) is 7.93. The number of rotatable bonds is 3. The second-order valence-electron chi connectivity index (χ2n) is 10.5. The van der Waals surface area contributed by atoms with Gasteiger partial charge in [-0.25, -0.2) is 4.98 Å². The van der Waals surface area contributed by atoms with Gasteiger partial charge in [-0.15, -0.1) is 0 Å². The van der Waals surface area contributed by atoms with Crippen molar-refractivity contribution in [2.75, 3.05) is 11.4 Å². The summed E-state index contributed by atoms with van der Waals surface area (Å²) < 4.78 is 45.0. The van der Waals surface area contributed by atoms with Crippen LogP contribution in [-0.4, -0.2) is 26.5 Å². The van der Waals surface area contributed by atoms with Gasteiger partial charge in [-0.2, -0.15) is 13.2 Å². The van der Waals surface area contributed by atoms with Gasteiger partial charge in [-0.1, -0.05) is 26.0 Å². The van der Waals surface area contributed by atoms with Crippen LogP contribution in [0.1, 0.15) is 70.0 Å². The Morgan fingerprint density at radius 3 is 2.33 bits per heavy atom. The highest BCUT2D eigenvalue weighted by Gasteiger charge is 2.39. The second-order valence-corrected chi connectivity index (χ2v) is 10.5. The van der Waals surface area contributed by atoms with E-state index >= 15 is 0 Å². The van der Waals surface area contributed by atoms with Gasteiger partial charge in [-0.3, -0.25) is 9.38 Å². The summed E-state index contributed by atoms with van der Waals surface area (Å²) in [6.45, 7) is 10.8. The summed E-state index contributed by atoms with van der Waals surface area (Å²) in [5, 5.41) is 0. The number of anilines is 1. The van der Waals surface area contributed by atoms with E-state index in [4.69, 9.17) is 4.98 Å². The standard InChI is InChI=1S/C28H31F3N4.H3N/c1-17(2)26-33-18(3)25-16-32-22-10-8-20(15-24(22)35(25)26)19-9-11-23(21(14-19)28(29,30)31)34-13-7-6-12-27(34,4)5;/h8-11,14-17H,6-7,12-13H2,1-5H3;1H3. The van der Waals surface area contributed by atoms with Crippen molar-refractivity contribution in [3.63, 3.8) is 0 Å². The van der Waals surface area contributed by atoms with Gasteiger partial charge in [-0.05, 0) is 75.4 Å². The third-order valence-corrected chi connectivity index (χ3v) is 7.26. The molecule has 0 radical (unpaired) electrons. The van der Waals surface area contributed by atoms with Crippen LogP contribution in [0.5, 0.6) is 0 Å². The minimum atomic E-state index is -4.45. The Labute approximate surface area is 209 Å². The zero-order valence-corrected chi connectivity index (χ0v) is 21.6. The molecular weight excluding hydrogens is 463 g/mol. The third kappa shape index (κ3) is 4.32. The lowest BCUT2D eigenvalue weighted by Gasteiger charge is -2.45. The normalized spacial score (nSPS) is 16.1. The summed E-state index contributed by atoms with van der Waals surface area (Å²) in [5.74, 6) is 1.11. The fourth-order valence-electron chi connectivity index (χ4n) is 5.37. The number of halogens is 3. The first-order valence-corrected chi connectivity index (χ1v) is 12.2. The van der Waals surface area contributed by atoms with Gasteiger partial charge in [0.2, 0.25) is 0 Å². The van der Waals surface area contributed by atoms with E-state index in [0.717, 1.165) is 52.9 Å². The van der Waals surface area contributed by atoms with Gasteiger partial charge < -0.3 is 11.1 Å². The van der Waals surface area contributed by atoms with Crippen LogP contribution >= 0.6 is 0 Å². The average Bonchev–Trinajstić information content (AvgIpc) is 3.15. The maximum Gasteiger partial charge on any atom is 0.418 e. The van der Waals surface area contributed by atoms with Crippen LogP contribution in [-0.2, 0) is 6.18 Å². The van der Waals surface area contributed by atoms with Crippen LogP contribution < -0.4 is 11.1 Å². The molecule has 4 aromatic rings. The van der Waals surface area contributed by atoms with E-state index in [1.807, 2.05) is 56.1 Å². The maximum atomic E-state index is 14.3. The van der Waals surface area contributed by atoms with Gasteiger partial charge in [0.25, 0.3) is 0 Å². The monoisotopic (exact) mass is 497 g/mol. The molecule has 0 saturated carbocycles. The molecule has 3 heterocycles. The quantitative estimate of drug-likeness (QED) is 0.312. The van der Waals surface area contributed by atoms with Crippen molar-refractivity contribution in [2.24, 2.45) is 0 Å². The molecule has 1 fully saturated rings. The Morgan fingerprint density at radius 2 is 1.67 bits per heavy atom. The Hall–Kier alpha value is -3.13. The topological polar surface area (TPSA) is 68.4 Å². The molecule has 0 atom stereocenters. The molecule has 36 heavy (non-hydrogen) atoms. The highest BCUT2D eigenvalue weighted by atomic mass is 19.4. The minimum absolute atomic E-state index is 0. The summed E-state index contributed by atoms with van der Waals surface area (Å²) in [7, 11) is 0. The van der Waals surface area contributed by atoms with Crippen LogP contribution in [0.3, 0.4) is 0 Å². The number of aryl methyl sites for hydroxylation is 1. The first-order valence-electron chi connectivity index (χ1n) is 12.2. The Kier molecular flexibility index (Phi) is 6.54. The number of alkyl halides is 3. The van der Waals surface area contributed by atoms with E-state index in [2.05, 4.69) is 23.2 Å². The molecule has 1 saturated heterocycles. The molecular formula is C28H34F3N5. The summed E-state index contributed by atoms with van der Waals surface area (Å²) in [5.41, 5.74) is 4.07. The summed E-state index contributed by atoms with van der Waals surface area (Å²) in [4.78, 5) is 11.2. The van der Waals surface area contributed by atoms with E-state index in [1.54, 1.807) is 6.07 Å². The number of benzene rings is 2. The molecule has 0 aliphatic carbocycles. The van der Waals surface area contributed by atoms with Crippen molar-refractivity contribution < 1.29 is 13.2 Å². The average molecular weight is 498 g/mol. The van der Waals surface area contributed by atoms with Crippen molar-refractivity contribution in [3.8, 4) is 11.1 Å². The lowest BCUT2D eigenvalue weighted by molar-refractivity contribution is -0.137. The van der Waals surface area contributed by atoms with Crippen molar-refractivity contribution in [1.82, 2.24) is 20.5 Å². The van der Waals surface area contributed by atoms with Gasteiger partial charge >= 0.3 is 6.18 Å².